The number of aromatic nitrogens is 5. The third-order valence-corrected chi connectivity index (χ3v) is 7.45. The predicted octanol–water partition coefficient (Wildman–Crippen LogP) is 3.78. The summed E-state index contributed by atoms with van der Waals surface area (Å²) in [6, 6.07) is 7.72. The molecule has 1 aliphatic heterocycles. The number of fused-ring (bicyclic) bond motifs is 2. The van der Waals surface area contributed by atoms with Gasteiger partial charge in [-0.1, -0.05) is 6.08 Å². The van der Waals surface area contributed by atoms with Gasteiger partial charge in [0.25, 0.3) is 12.3 Å². The number of rotatable bonds is 7. The minimum absolute atomic E-state index is 0.242. The monoisotopic (exact) mass is 559 g/mol. The van der Waals surface area contributed by atoms with Crippen LogP contribution in [0, 0.1) is 0 Å². The number of pyridine rings is 2. The number of aryl methyl sites for hydroxylation is 1. The Balaban J connectivity index is 1.25. The van der Waals surface area contributed by atoms with Crippen LogP contribution in [0.1, 0.15) is 40.0 Å². The van der Waals surface area contributed by atoms with Crippen molar-refractivity contribution in [2.24, 2.45) is 0 Å². The fraction of sp³-hybridized carbons (Fsp3) is 0.345. The van der Waals surface area contributed by atoms with E-state index in [-0.39, 0.29) is 5.56 Å². The number of halogens is 2. The zero-order valence-electron chi connectivity index (χ0n) is 22.7. The molecule has 10 nitrogen and oxygen atoms in total. The van der Waals surface area contributed by atoms with E-state index in [9.17, 15) is 13.6 Å². The second-order valence-corrected chi connectivity index (χ2v) is 10.3. The van der Waals surface area contributed by atoms with E-state index in [0.29, 0.717) is 11.5 Å². The molecule has 2 aliphatic rings. The lowest BCUT2D eigenvalue weighted by atomic mass is 9.98. The molecule has 12 heteroatoms. The second-order valence-electron chi connectivity index (χ2n) is 10.3. The molecule has 5 heterocycles. The van der Waals surface area contributed by atoms with Crippen LogP contribution >= 0.6 is 0 Å². The summed E-state index contributed by atoms with van der Waals surface area (Å²) in [4.78, 5) is 31.2. The van der Waals surface area contributed by atoms with E-state index in [0.717, 1.165) is 79.3 Å². The summed E-state index contributed by atoms with van der Waals surface area (Å²) in [5, 5.41) is 9.82. The molecule has 6 rings (SSSR count). The minimum Gasteiger partial charge on any atom is -0.354 e. The third-order valence-electron chi connectivity index (χ3n) is 7.45. The molecular weight excluding hydrogens is 528 g/mol. The lowest BCUT2D eigenvalue weighted by Crippen LogP contribution is -2.44. The Labute approximate surface area is 236 Å². The van der Waals surface area contributed by atoms with Crippen LogP contribution in [0.4, 0.5) is 26.2 Å². The van der Waals surface area contributed by atoms with Crippen molar-refractivity contribution in [3.63, 3.8) is 0 Å². The molecule has 4 aromatic heterocycles. The second kappa shape index (κ2) is 11.6. The van der Waals surface area contributed by atoms with Crippen molar-refractivity contribution in [1.82, 2.24) is 34.8 Å². The highest BCUT2D eigenvalue weighted by molar-refractivity contribution is 6.01. The van der Waals surface area contributed by atoms with Gasteiger partial charge in [0.15, 0.2) is 0 Å². The summed E-state index contributed by atoms with van der Waals surface area (Å²) in [6.07, 6.45) is 8.92. The molecular formula is C29H31F2N9O. The van der Waals surface area contributed by atoms with Crippen LogP contribution in [0.5, 0.6) is 0 Å². The van der Waals surface area contributed by atoms with Gasteiger partial charge < -0.3 is 20.4 Å². The van der Waals surface area contributed by atoms with Crippen LogP contribution in [0.15, 0.2) is 55.1 Å². The fourth-order valence-corrected chi connectivity index (χ4v) is 5.21. The summed E-state index contributed by atoms with van der Waals surface area (Å²) in [5.41, 5.74) is 5.35. The molecule has 0 unspecified atom stereocenters. The molecule has 1 aliphatic carbocycles. The molecule has 1 fully saturated rings. The maximum atomic E-state index is 12.6. The standard InChI is InChI=1S/C29H31F2N9O/c1-38-10-12-39(13-11-38)27-15-20(6-8-32-27)36-29-34-16-22-21(4-2-3-5-24(22)37-29)19-7-9-40-25(14-19)23(17-35-40)28(41)33-18-26(30)31/h4,6-9,14-17,26H,2-3,5,10-13,18H2,1H3,(H,33,41)(H,32,34,36,37). The molecule has 212 valence electrons. The number of piperazine rings is 1. The largest absolute Gasteiger partial charge is 0.354 e. The molecule has 2 N–H and O–H groups in total. The number of hydrogen-bond acceptors (Lipinski definition) is 8. The summed E-state index contributed by atoms with van der Waals surface area (Å²) < 4.78 is 26.8. The van der Waals surface area contributed by atoms with E-state index in [1.54, 1.807) is 16.9 Å². The SMILES string of the molecule is CN1CCN(c2cc(Nc3ncc4c(n3)CCCC=C4c3ccn4ncc(C(=O)NCC(F)F)c4c3)ccn2)CC1. The topological polar surface area (TPSA) is 104 Å². The quantitative estimate of drug-likeness (QED) is 0.353. The number of hydrogen-bond donors (Lipinski definition) is 2. The van der Waals surface area contributed by atoms with E-state index in [1.165, 1.54) is 6.20 Å². The van der Waals surface area contributed by atoms with Crippen LogP contribution in [0.2, 0.25) is 0 Å². The minimum atomic E-state index is -2.62. The number of allylic oxidation sites excluding steroid dienone is 1. The smallest absolute Gasteiger partial charge is 0.255 e. The number of carbonyl (C=O) groups excluding carboxylic acids is 1. The van der Waals surface area contributed by atoms with Crippen LogP contribution in [0.25, 0.3) is 11.1 Å². The first-order valence-corrected chi connectivity index (χ1v) is 13.7. The number of amides is 1. The summed E-state index contributed by atoms with van der Waals surface area (Å²) in [5.74, 6) is 0.865. The maximum Gasteiger partial charge on any atom is 0.255 e. The number of likely N-dealkylation sites (N-methyl/N-ethyl adjacent to an activating group) is 1. The number of carbonyl (C=O) groups is 1. The van der Waals surface area contributed by atoms with Gasteiger partial charge in [-0.2, -0.15) is 5.10 Å². The maximum absolute atomic E-state index is 12.6. The van der Waals surface area contributed by atoms with Gasteiger partial charge in [0, 0.05) is 62.1 Å². The van der Waals surface area contributed by atoms with Crippen molar-refractivity contribution in [3.05, 3.63) is 77.5 Å². The molecule has 0 aromatic carbocycles. The number of alkyl halides is 2. The van der Waals surface area contributed by atoms with Crippen molar-refractivity contribution >= 4 is 34.5 Å². The van der Waals surface area contributed by atoms with Gasteiger partial charge in [-0.25, -0.2) is 28.2 Å². The molecule has 4 aromatic rings. The number of nitrogens with zero attached hydrogens (tertiary/aromatic N) is 7. The van der Waals surface area contributed by atoms with E-state index in [2.05, 4.69) is 48.6 Å². The van der Waals surface area contributed by atoms with E-state index in [1.807, 2.05) is 30.5 Å². The molecule has 0 atom stereocenters. The van der Waals surface area contributed by atoms with Gasteiger partial charge in [0.1, 0.15) is 5.82 Å². The number of anilines is 3. The van der Waals surface area contributed by atoms with Crippen molar-refractivity contribution in [2.75, 3.05) is 50.0 Å². The highest BCUT2D eigenvalue weighted by Crippen LogP contribution is 2.32. The van der Waals surface area contributed by atoms with Gasteiger partial charge in [-0.05, 0) is 55.6 Å². The Kier molecular flexibility index (Phi) is 7.55. The molecule has 1 amide bonds. The lowest BCUT2D eigenvalue weighted by molar-refractivity contribution is 0.0893. The average Bonchev–Trinajstić information content (AvgIpc) is 3.29. The third kappa shape index (κ3) is 5.87. The fourth-order valence-electron chi connectivity index (χ4n) is 5.21. The van der Waals surface area contributed by atoms with Gasteiger partial charge >= 0.3 is 0 Å². The first-order valence-electron chi connectivity index (χ1n) is 13.7. The zero-order valence-corrected chi connectivity index (χ0v) is 22.7. The van der Waals surface area contributed by atoms with E-state index in [4.69, 9.17) is 4.98 Å². The van der Waals surface area contributed by atoms with Gasteiger partial charge in [0.2, 0.25) is 5.95 Å². The average molecular weight is 560 g/mol. The Morgan fingerprint density at radius 3 is 2.78 bits per heavy atom. The summed E-state index contributed by atoms with van der Waals surface area (Å²) in [6.45, 7) is 3.17. The first-order chi connectivity index (χ1) is 19.9. The normalized spacial score (nSPS) is 15.9. The molecule has 0 bridgehead atoms. The van der Waals surface area contributed by atoms with Crippen molar-refractivity contribution in [1.29, 1.82) is 0 Å². The number of nitrogens with one attached hydrogen (secondary N) is 2. The van der Waals surface area contributed by atoms with Crippen LogP contribution in [-0.2, 0) is 6.42 Å². The molecule has 0 saturated carbocycles. The van der Waals surface area contributed by atoms with Crippen molar-refractivity contribution < 1.29 is 13.6 Å². The van der Waals surface area contributed by atoms with Crippen LogP contribution < -0.4 is 15.5 Å². The van der Waals surface area contributed by atoms with Gasteiger partial charge in [0.05, 0.1) is 29.5 Å². The van der Waals surface area contributed by atoms with E-state index >= 15 is 0 Å². The first kappa shape index (κ1) is 26.8. The van der Waals surface area contributed by atoms with Crippen molar-refractivity contribution in [3.8, 4) is 0 Å². The van der Waals surface area contributed by atoms with Gasteiger partial charge in [-0.15, -0.1) is 0 Å². The summed E-state index contributed by atoms with van der Waals surface area (Å²) in [7, 11) is 2.13. The Morgan fingerprint density at radius 1 is 1.10 bits per heavy atom. The molecule has 0 radical (unpaired) electrons. The Morgan fingerprint density at radius 2 is 1.95 bits per heavy atom. The van der Waals surface area contributed by atoms with Gasteiger partial charge in [-0.3, -0.25) is 4.79 Å². The van der Waals surface area contributed by atoms with E-state index < -0.39 is 18.9 Å². The Bertz CT molecular complexity index is 1590. The molecule has 41 heavy (non-hydrogen) atoms. The predicted molar refractivity (Wildman–Crippen MR) is 153 cm³/mol. The zero-order chi connectivity index (χ0) is 28.3. The highest BCUT2D eigenvalue weighted by Gasteiger charge is 2.20. The summed E-state index contributed by atoms with van der Waals surface area (Å²) >= 11 is 0. The van der Waals surface area contributed by atoms with Crippen LogP contribution in [-0.4, -0.2) is 81.6 Å². The molecule has 1 saturated heterocycles. The highest BCUT2D eigenvalue weighted by atomic mass is 19.3. The Hall–Kier alpha value is -4.45. The lowest BCUT2D eigenvalue weighted by Gasteiger charge is -2.33. The molecule has 0 spiro atoms. The van der Waals surface area contributed by atoms with Crippen molar-refractivity contribution in [2.45, 2.75) is 25.7 Å². The van der Waals surface area contributed by atoms with Crippen LogP contribution in [0.3, 0.4) is 0 Å².